The molecule has 2 N–H and O–H groups in total. The highest BCUT2D eigenvalue weighted by Crippen LogP contribution is 2.31. The van der Waals surface area contributed by atoms with E-state index in [0.29, 0.717) is 24.4 Å². The number of rotatable bonds is 6. The Bertz CT molecular complexity index is 646. The molecule has 2 atom stereocenters. The third-order valence-electron chi connectivity index (χ3n) is 5.82. The van der Waals surface area contributed by atoms with Gasteiger partial charge in [0.1, 0.15) is 5.82 Å². The average molecular weight is 378 g/mol. The highest BCUT2D eigenvalue weighted by Gasteiger charge is 2.30. The molecule has 1 saturated heterocycles. The molecule has 1 heterocycles. The fraction of sp³-hybridized carbons (Fsp3) is 0.667. The molecule has 2 fully saturated rings. The van der Waals surface area contributed by atoms with Gasteiger partial charge in [0.25, 0.3) is 0 Å². The number of hydrogen-bond donors (Lipinski definition) is 2. The molecule has 1 saturated carbocycles. The normalized spacial score (nSPS) is 28.0. The van der Waals surface area contributed by atoms with Crippen molar-refractivity contribution in [1.29, 1.82) is 0 Å². The van der Waals surface area contributed by atoms with Crippen LogP contribution in [0.1, 0.15) is 49.8 Å². The Kier molecular flexibility index (Phi) is 6.84. The molecule has 3 rings (SSSR count). The van der Waals surface area contributed by atoms with E-state index in [0.717, 1.165) is 44.6 Å². The van der Waals surface area contributed by atoms with Crippen LogP contribution in [0.5, 0.6) is 0 Å². The topological polar surface area (TPSA) is 61.8 Å². The summed E-state index contributed by atoms with van der Waals surface area (Å²) in [7, 11) is 0. The van der Waals surface area contributed by atoms with Gasteiger partial charge in [-0.2, -0.15) is 0 Å². The van der Waals surface area contributed by atoms with Crippen molar-refractivity contribution in [3.8, 4) is 0 Å². The molecule has 5 nitrogen and oxygen atoms in total. The molecule has 27 heavy (non-hydrogen) atoms. The maximum absolute atomic E-state index is 14.2. The largest absolute Gasteiger partial charge is 0.481 e. The third kappa shape index (κ3) is 5.50. The molecule has 1 aromatic rings. The summed E-state index contributed by atoms with van der Waals surface area (Å²) in [6.07, 6.45) is 2.64. The number of ether oxygens (including phenoxy) is 1. The second kappa shape index (κ2) is 9.13. The van der Waals surface area contributed by atoms with Crippen LogP contribution >= 0.6 is 0 Å². The molecular weight excluding hydrogens is 347 g/mol. The van der Waals surface area contributed by atoms with Crippen LogP contribution in [0.3, 0.4) is 0 Å². The molecule has 0 aromatic heterocycles. The minimum Gasteiger partial charge on any atom is -0.481 e. The summed E-state index contributed by atoms with van der Waals surface area (Å²) in [5.41, 5.74) is 1.50. The van der Waals surface area contributed by atoms with Crippen LogP contribution in [-0.2, 0) is 9.53 Å². The standard InChI is InChI=1S/C21H31FN2O3/c1-14-3-4-17(11-19(14)22)20(13-24-10-9-23-15(2)12-24)27-18-7-5-16(6-8-18)21(25)26/h3-4,11,15-16,18,20,23H,5-10,12-13H2,1-2H3,(H,25,26)/t15-,16?,18?,20?/m1/s1. The van der Waals surface area contributed by atoms with E-state index in [2.05, 4.69) is 17.1 Å². The van der Waals surface area contributed by atoms with Crippen LogP contribution in [0.4, 0.5) is 4.39 Å². The Morgan fingerprint density at radius 1 is 1.37 bits per heavy atom. The lowest BCUT2D eigenvalue weighted by atomic mass is 9.87. The van der Waals surface area contributed by atoms with Crippen LogP contribution in [0.25, 0.3) is 0 Å². The van der Waals surface area contributed by atoms with Crippen LogP contribution in [0.15, 0.2) is 18.2 Å². The van der Waals surface area contributed by atoms with Gasteiger partial charge in [-0.15, -0.1) is 0 Å². The second-order valence-corrected chi connectivity index (χ2v) is 8.06. The van der Waals surface area contributed by atoms with E-state index in [4.69, 9.17) is 4.74 Å². The van der Waals surface area contributed by atoms with E-state index in [1.807, 2.05) is 12.1 Å². The van der Waals surface area contributed by atoms with E-state index in [9.17, 15) is 14.3 Å². The average Bonchev–Trinajstić information content (AvgIpc) is 2.64. The molecule has 1 aliphatic carbocycles. The van der Waals surface area contributed by atoms with Gasteiger partial charge < -0.3 is 15.2 Å². The van der Waals surface area contributed by atoms with Crippen LogP contribution < -0.4 is 5.32 Å². The predicted octanol–water partition coefficient (Wildman–Crippen LogP) is 3.13. The summed E-state index contributed by atoms with van der Waals surface area (Å²) in [5.74, 6) is -1.17. The summed E-state index contributed by atoms with van der Waals surface area (Å²) < 4.78 is 20.6. The number of carboxylic acid groups (broad SMARTS) is 1. The van der Waals surface area contributed by atoms with Gasteiger partial charge >= 0.3 is 5.97 Å². The highest BCUT2D eigenvalue weighted by molar-refractivity contribution is 5.70. The first-order valence-electron chi connectivity index (χ1n) is 10.0. The molecule has 0 radical (unpaired) electrons. The first kappa shape index (κ1) is 20.2. The maximum Gasteiger partial charge on any atom is 0.306 e. The second-order valence-electron chi connectivity index (χ2n) is 8.06. The summed E-state index contributed by atoms with van der Waals surface area (Å²) in [6, 6.07) is 5.79. The summed E-state index contributed by atoms with van der Waals surface area (Å²) in [5, 5.41) is 12.6. The Morgan fingerprint density at radius 3 is 2.74 bits per heavy atom. The molecule has 6 heteroatoms. The Labute approximate surface area is 160 Å². The van der Waals surface area contributed by atoms with Crippen molar-refractivity contribution in [3.63, 3.8) is 0 Å². The molecular formula is C21H31FN2O3. The number of carboxylic acids is 1. The van der Waals surface area contributed by atoms with Gasteiger partial charge in [-0.1, -0.05) is 12.1 Å². The van der Waals surface area contributed by atoms with Gasteiger partial charge in [0, 0.05) is 32.2 Å². The van der Waals surface area contributed by atoms with Crippen molar-refractivity contribution in [1.82, 2.24) is 10.2 Å². The summed E-state index contributed by atoms with van der Waals surface area (Å²) >= 11 is 0. The highest BCUT2D eigenvalue weighted by atomic mass is 19.1. The fourth-order valence-electron chi connectivity index (χ4n) is 4.13. The zero-order valence-electron chi connectivity index (χ0n) is 16.3. The fourth-order valence-corrected chi connectivity index (χ4v) is 4.13. The Balaban J connectivity index is 1.69. The van der Waals surface area contributed by atoms with Gasteiger partial charge in [0.15, 0.2) is 0 Å². The van der Waals surface area contributed by atoms with E-state index in [-0.39, 0.29) is 23.9 Å². The number of aryl methyl sites for hydroxylation is 1. The number of nitrogens with one attached hydrogen (secondary N) is 1. The van der Waals surface area contributed by atoms with E-state index >= 15 is 0 Å². The summed E-state index contributed by atoms with van der Waals surface area (Å²) in [6.45, 7) is 7.50. The molecule has 1 aliphatic heterocycles. The maximum atomic E-state index is 14.2. The summed E-state index contributed by atoms with van der Waals surface area (Å²) in [4.78, 5) is 13.5. The van der Waals surface area contributed by atoms with Gasteiger partial charge in [-0.05, 0) is 56.7 Å². The number of hydrogen-bond acceptors (Lipinski definition) is 4. The number of piperazine rings is 1. The quantitative estimate of drug-likeness (QED) is 0.796. The van der Waals surface area contributed by atoms with Crippen molar-refractivity contribution in [2.45, 2.75) is 57.8 Å². The van der Waals surface area contributed by atoms with E-state index in [1.165, 1.54) is 0 Å². The molecule has 0 bridgehead atoms. The monoisotopic (exact) mass is 378 g/mol. The zero-order valence-corrected chi connectivity index (χ0v) is 16.3. The third-order valence-corrected chi connectivity index (χ3v) is 5.82. The number of nitrogens with zero attached hydrogens (tertiary/aromatic N) is 1. The van der Waals surface area contributed by atoms with Crippen LogP contribution in [-0.4, -0.2) is 54.3 Å². The minimum absolute atomic E-state index is 0.0373. The number of carbonyl (C=O) groups is 1. The van der Waals surface area contributed by atoms with Gasteiger partial charge in [-0.25, -0.2) is 4.39 Å². The number of benzene rings is 1. The van der Waals surface area contributed by atoms with Gasteiger partial charge in [0.05, 0.1) is 18.1 Å². The Morgan fingerprint density at radius 2 is 2.11 bits per heavy atom. The SMILES string of the molecule is Cc1ccc(C(CN2CCN[C@H](C)C2)OC2CCC(C(=O)O)CC2)cc1F. The molecule has 150 valence electrons. The smallest absolute Gasteiger partial charge is 0.306 e. The lowest BCUT2D eigenvalue weighted by molar-refractivity contribution is -0.144. The van der Waals surface area contributed by atoms with Crippen molar-refractivity contribution in [3.05, 3.63) is 35.1 Å². The molecule has 1 aromatic carbocycles. The molecule has 1 unspecified atom stereocenters. The van der Waals surface area contributed by atoms with Crippen LogP contribution in [0, 0.1) is 18.7 Å². The molecule has 2 aliphatic rings. The number of aliphatic carboxylic acids is 1. The lowest BCUT2D eigenvalue weighted by Gasteiger charge is -2.36. The van der Waals surface area contributed by atoms with Crippen molar-refractivity contribution in [2.75, 3.05) is 26.2 Å². The van der Waals surface area contributed by atoms with Gasteiger partial charge in [-0.3, -0.25) is 9.69 Å². The minimum atomic E-state index is -0.708. The first-order valence-corrected chi connectivity index (χ1v) is 10.0. The van der Waals surface area contributed by atoms with E-state index < -0.39 is 5.97 Å². The van der Waals surface area contributed by atoms with E-state index in [1.54, 1.807) is 13.0 Å². The lowest BCUT2D eigenvalue weighted by Crippen LogP contribution is -2.50. The first-order chi connectivity index (χ1) is 12.9. The number of halogens is 1. The van der Waals surface area contributed by atoms with Crippen molar-refractivity contribution < 1.29 is 19.0 Å². The zero-order chi connectivity index (χ0) is 19.4. The van der Waals surface area contributed by atoms with Gasteiger partial charge in [0.2, 0.25) is 0 Å². The predicted molar refractivity (Wildman–Crippen MR) is 102 cm³/mol. The molecule has 0 spiro atoms. The Hall–Kier alpha value is -1.50. The van der Waals surface area contributed by atoms with Crippen LogP contribution in [0.2, 0.25) is 0 Å². The molecule has 0 amide bonds. The van der Waals surface area contributed by atoms with Crippen molar-refractivity contribution in [2.24, 2.45) is 5.92 Å². The van der Waals surface area contributed by atoms with Crippen molar-refractivity contribution >= 4 is 5.97 Å².